The summed E-state index contributed by atoms with van der Waals surface area (Å²) >= 11 is 0. The lowest BCUT2D eigenvalue weighted by atomic mass is 9.59. The quantitative estimate of drug-likeness (QED) is 0.902. The zero-order chi connectivity index (χ0) is 14.7. The molecule has 0 amide bonds. The summed E-state index contributed by atoms with van der Waals surface area (Å²) in [5, 5.41) is 11.7. The average Bonchev–Trinajstić information content (AvgIpc) is 3.24. The van der Waals surface area contributed by atoms with Crippen LogP contribution in [0.5, 0.6) is 11.5 Å². The maximum absolute atomic E-state index is 11.7. The van der Waals surface area contributed by atoms with Crippen LogP contribution in [0.3, 0.4) is 0 Å². The van der Waals surface area contributed by atoms with Crippen LogP contribution < -0.4 is 9.47 Å². The van der Waals surface area contributed by atoms with Crippen LogP contribution in [0.4, 0.5) is 0 Å². The van der Waals surface area contributed by atoms with E-state index in [9.17, 15) is 5.11 Å². The van der Waals surface area contributed by atoms with Crippen molar-refractivity contribution in [3.8, 4) is 11.5 Å². The molecule has 1 aromatic carbocycles. The van der Waals surface area contributed by atoms with Gasteiger partial charge in [-0.1, -0.05) is 6.07 Å². The summed E-state index contributed by atoms with van der Waals surface area (Å²) in [6.07, 6.45) is 1.44. The third-order valence-electron chi connectivity index (χ3n) is 9.00. The van der Waals surface area contributed by atoms with Crippen molar-refractivity contribution in [2.45, 2.75) is 24.7 Å². The van der Waals surface area contributed by atoms with Crippen molar-refractivity contribution in [3.63, 3.8) is 0 Å². The van der Waals surface area contributed by atoms with Crippen LogP contribution in [0, 0.1) is 47.3 Å². The van der Waals surface area contributed by atoms with E-state index in [1.165, 1.54) is 12.0 Å². The van der Waals surface area contributed by atoms with E-state index in [0.717, 1.165) is 53.6 Å². The van der Waals surface area contributed by atoms with E-state index in [-0.39, 0.29) is 0 Å². The van der Waals surface area contributed by atoms with Gasteiger partial charge in [-0.2, -0.15) is 0 Å². The van der Waals surface area contributed by atoms with Crippen LogP contribution >= 0.6 is 0 Å². The minimum atomic E-state index is -0.479. The van der Waals surface area contributed by atoms with Gasteiger partial charge in [0.15, 0.2) is 11.5 Å². The lowest BCUT2D eigenvalue weighted by molar-refractivity contribution is -0.134. The topological polar surface area (TPSA) is 41.9 Å². The molecule has 2 saturated heterocycles. The van der Waals surface area contributed by atoms with Crippen molar-refractivity contribution < 1.29 is 14.6 Å². The maximum Gasteiger partial charge on any atom is 0.231 e. The van der Waals surface area contributed by atoms with Crippen LogP contribution in [0.1, 0.15) is 12.0 Å². The molecule has 4 heteroatoms. The second-order valence-corrected chi connectivity index (χ2v) is 9.01. The number of nitrogens with zero attached hydrogens (tertiary/aromatic N) is 1. The smallest absolute Gasteiger partial charge is 0.231 e. The molecule has 0 spiro atoms. The molecule has 23 heavy (non-hydrogen) atoms. The highest BCUT2D eigenvalue weighted by Gasteiger charge is 2.93. The highest BCUT2D eigenvalue weighted by molar-refractivity contribution is 5.45. The first-order chi connectivity index (χ1) is 11.3. The Kier molecular flexibility index (Phi) is 1.49. The predicted octanol–water partition coefficient (Wildman–Crippen LogP) is 1.68. The third kappa shape index (κ3) is 0.865. The molecule has 4 nitrogen and oxygen atoms in total. The normalized spacial score (nSPS) is 60.5. The summed E-state index contributed by atoms with van der Waals surface area (Å²) in [7, 11) is 0. The fraction of sp³-hybridized carbons (Fsp3) is 0.684. The van der Waals surface area contributed by atoms with Gasteiger partial charge in [0.2, 0.25) is 6.79 Å². The van der Waals surface area contributed by atoms with E-state index in [1.54, 1.807) is 0 Å². The number of ether oxygens (including phenoxy) is 2. The lowest BCUT2D eigenvalue weighted by Crippen LogP contribution is -2.50. The SMILES string of the molecule is O[C@@]12[C@@H]3[C@@H]4[C@H]5C[C@H]6[C@@H]4[C@@H]3[C@H]([C@H]6[C@H]51)N2Cc1ccc2c(c1)OCO2. The fourth-order valence-electron chi connectivity index (χ4n) is 9.00. The highest BCUT2D eigenvalue weighted by atomic mass is 16.7. The van der Waals surface area contributed by atoms with Crippen LogP contribution in [0.25, 0.3) is 0 Å². The Morgan fingerprint density at radius 3 is 2.91 bits per heavy atom. The third-order valence-corrected chi connectivity index (χ3v) is 9.00. The minimum Gasteiger partial charge on any atom is -0.454 e. The Morgan fingerprint density at radius 1 is 1.04 bits per heavy atom. The van der Waals surface area contributed by atoms with E-state index in [4.69, 9.17) is 9.47 Å². The number of fused-ring (bicyclic) bond motifs is 1. The number of hydrogen-bond donors (Lipinski definition) is 1. The molecule has 3 aliphatic heterocycles. The van der Waals surface area contributed by atoms with Crippen LogP contribution in [-0.4, -0.2) is 28.6 Å². The molecule has 10 atom stereocenters. The van der Waals surface area contributed by atoms with Gasteiger partial charge in [0.1, 0.15) is 5.72 Å². The molecule has 0 radical (unpaired) electrons. The first kappa shape index (κ1) is 11.3. The van der Waals surface area contributed by atoms with Gasteiger partial charge >= 0.3 is 0 Å². The molecule has 4 bridgehead atoms. The minimum absolute atomic E-state index is 0.329. The largest absolute Gasteiger partial charge is 0.454 e. The van der Waals surface area contributed by atoms with E-state index < -0.39 is 5.72 Å². The van der Waals surface area contributed by atoms with Gasteiger partial charge in [-0.25, -0.2) is 0 Å². The molecule has 1 aromatic rings. The molecule has 7 fully saturated rings. The van der Waals surface area contributed by atoms with E-state index in [2.05, 4.69) is 17.0 Å². The Balaban J connectivity index is 1.23. The molecule has 1 N–H and O–H groups in total. The van der Waals surface area contributed by atoms with Crippen molar-refractivity contribution in [2.24, 2.45) is 47.3 Å². The molecule has 8 aliphatic rings. The van der Waals surface area contributed by atoms with Crippen molar-refractivity contribution >= 4 is 0 Å². The summed E-state index contributed by atoms with van der Waals surface area (Å²) in [5.74, 6) is 8.20. The first-order valence-corrected chi connectivity index (χ1v) is 9.16. The zero-order valence-electron chi connectivity index (χ0n) is 12.8. The van der Waals surface area contributed by atoms with Gasteiger partial charge in [-0.05, 0) is 59.6 Å². The number of aliphatic hydroxyl groups is 1. The molecule has 5 saturated carbocycles. The van der Waals surface area contributed by atoms with Crippen molar-refractivity contribution in [3.05, 3.63) is 23.8 Å². The number of rotatable bonds is 2. The Bertz CT molecular complexity index is 795. The summed E-state index contributed by atoms with van der Waals surface area (Å²) in [5.41, 5.74) is 0.775. The van der Waals surface area contributed by atoms with Gasteiger partial charge in [0, 0.05) is 24.4 Å². The van der Waals surface area contributed by atoms with Gasteiger partial charge in [0.25, 0.3) is 0 Å². The van der Waals surface area contributed by atoms with Crippen LogP contribution in [-0.2, 0) is 6.54 Å². The number of hydrogen-bond acceptors (Lipinski definition) is 4. The Hall–Kier alpha value is -1.26. The molecule has 0 aromatic heterocycles. The molecule has 118 valence electrons. The molecule has 0 unspecified atom stereocenters. The molecule has 9 rings (SSSR count). The van der Waals surface area contributed by atoms with Gasteiger partial charge < -0.3 is 14.6 Å². The van der Waals surface area contributed by atoms with Gasteiger partial charge in [-0.15, -0.1) is 0 Å². The van der Waals surface area contributed by atoms with Crippen molar-refractivity contribution in [1.29, 1.82) is 0 Å². The zero-order valence-corrected chi connectivity index (χ0v) is 12.8. The number of benzene rings is 1. The van der Waals surface area contributed by atoms with E-state index in [1.807, 2.05) is 6.07 Å². The fourth-order valence-corrected chi connectivity index (χ4v) is 9.00. The monoisotopic (exact) mass is 309 g/mol. The molecular weight excluding hydrogens is 290 g/mol. The van der Waals surface area contributed by atoms with E-state index in [0.29, 0.717) is 24.7 Å². The van der Waals surface area contributed by atoms with Gasteiger partial charge in [-0.3, -0.25) is 4.90 Å². The standard InChI is InChI=1S/C19H19NO3/c21-19-16-9-4-8-12-13(9)17(19)15(12)18(14(8)16)20(19)5-7-1-2-10-11(3-7)23-6-22-10/h1-3,8-9,12-18,21H,4-6H2/t8-,9+,12-,13+,14+,15-,16-,17+,18-,19+/m0/s1. The van der Waals surface area contributed by atoms with Crippen LogP contribution in [0.15, 0.2) is 18.2 Å². The van der Waals surface area contributed by atoms with Crippen LogP contribution in [0.2, 0.25) is 0 Å². The second kappa shape index (κ2) is 3.02. The predicted molar refractivity (Wildman–Crippen MR) is 79.4 cm³/mol. The second-order valence-electron chi connectivity index (χ2n) is 9.01. The highest BCUT2D eigenvalue weighted by Crippen LogP contribution is 2.90. The Morgan fingerprint density at radius 2 is 1.96 bits per heavy atom. The molecule has 5 aliphatic carbocycles. The summed E-state index contributed by atoms with van der Waals surface area (Å²) in [6, 6.07) is 6.94. The lowest BCUT2D eigenvalue weighted by Gasteiger charge is -2.45. The van der Waals surface area contributed by atoms with Gasteiger partial charge in [0.05, 0.1) is 0 Å². The summed E-state index contributed by atoms with van der Waals surface area (Å²) < 4.78 is 11.0. The Labute approximate surface area is 134 Å². The maximum atomic E-state index is 11.7. The first-order valence-electron chi connectivity index (χ1n) is 9.16. The summed E-state index contributed by atoms with van der Waals surface area (Å²) in [6.45, 7) is 1.20. The van der Waals surface area contributed by atoms with Crippen molar-refractivity contribution in [1.82, 2.24) is 4.90 Å². The average molecular weight is 309 g/mol. The molecule has 3 heterocycles. The van der Waals surface area contributed by atoms with E-state index >= 15 is 0 Å². The molecular formula is C19H19NO3. The summed E-state index contributed by atoms with van der Waals surface area (Å²) in [4.78, 5) is 2.52. The van der Waals surface area contributed by atoms with Crippen molar-refractivity contribution in [2.75, 3.05) is 6.79 Å².